The van der Waals surface area contributed by atoms with Crippen LogP contribution in [-0.4, -0.2) is 21.5 Å². The summed E-state index contributed by atoms with van der Waals surface area (Å²) in [6.45, 7) is 10.5. The number of benzene rings is 1. The lowest BCUT2D eigenvalue weighted by molar-refractivity contribution is 0.226. The van der Waals surface area contributed by atoms with Crippen LogP contribution in [0.2, 0.25) is 0 Å². The number of hydrogen-bond acceptors (Lipinski definition) is 4. The zero-order valence-corrected chi connectivity index (χ0v) is 20.9. The van der Waals surface area contributed by atoms with E-state index < -0.39 is 0 Å². The van der Waals surface area contributed by atoms with Crippen LogP contribution in [0.1, 0.15) is 76.3 Å². The summed E-state index contributed by atoms with van der Waals surface area (Å²) >= 11 is 4.58. The minimum Gasteiger partial charge on any atom is -0.507 e. The van der Waals surface area contributed by atoms with Gasteiger partial charge in [-0.25, -0.2) is 4.79 Å². The second kappa shape index (κ2) is 12.6. The Kier molecular flexibility index (Phi) is 10.5. The van der Waals surface area contributed by atoms with Crippen molar-refractivity contribution in [1.82, 2.24) is 0 Å². The van der Waals surface area contributed by atoms with Crippen molar-refractivity contribution in [3.8, 4) is 11.5 Å². The van der Waals surface area contributed by atoms with Gasteiger partial charge >= 0.3 is 5.30 Å². The summed E-state index contributed by atoms with van der Waals surface area (Å²) < 4.78 is 5.83. The molecule has 1 N–H and O–H groups in total. The Morgan fingerprint density at radius 3 is 2.77 bits per heavy atom. The van der Waals surface area contributed by atoms with Crippen LogP contribution in [0.25, 0.3) is 0 Å². The van der Waals surface area contributed by atoms with E-state index in [2.05, 4.69) is 42.4 Å². The lowest BCUT2D eigenvalue weighted by Gasteiger charge is -2.32. The van der Waals surface area contributed by atoms with Gasteiger partial charge in [0, 0.05) is 22.6 Å². The van der Waals surface area contributed by atoms with Crippen molar-refractivity contribution in [2.24, 2.45) is 5.92 Å². The van der Waals surface area contributed by atoms with E-state index in [4.69, 9.17) is 4.74 Å². The summed E-state index contributed by atoms with van der Waals surface area (Å²) in [7, 11) is 0. The second-order valence-corrected chi connectivity index (χ2v) is 10.1. The number of rotatable bonds is 10. The quantitative estimate of drug-likeness (QED) is 0.154. The van der Waals surface area contributed by atoms with Gasteiger partial charge in [-0.3, -0.25) is 0 Å². The third-order valence-corrected chi connectivity index (χ3v) is 7.03. The molecule has 0 fully saturated rings. The molecular formula is C25H35BrO3S. The Morgan fingerprint density at radius 2 is 2.10 bits per heavy atom. The molecule has 30 heavy (non-hydrogen) atoms. The average molecular weight is 496 g/mol. The Bertz CT molecular complexity index is 772. The first-order chi connectivity index (χ1) is 14.4. The minimum atomic E-state index is -0.314. The van der Waals surface area contributed by atoms with E-state index in [9.17, 15) is 9.90 Å². The van der Waals surface area contributed by atoms with Gasteiger partial charge in [0.25, 0.3) is 0 Å². The van der Waals surface area contributed by atoms with Crippen LogP contribution in [0.5, 0.6) is 11.5 Å². The van der Waals surface area contributed by atoms with Gasteiger partial charge in [-0.2, -0.15) is 0 Å². The van der Waals surface area contributed by atoms with Crippen LogP contribution >= 0.6 is 27.7 Å². The van der Waals surface area contributed by atoms with Crippen molar-refractivity contribution in [3.05, 3.63) is 47.1 Å². The van der Waals surface area contributed by atoms with Gasteiger partial charge < -0.3 is 9.84 Å². The summed E-state index contributed by atoms with van der Waals surface area (Å²) in [5.41, 5.74) is 4.13. The summed E-state index contributed by atoms with van der Waals surface area (Å²) in [5, 5.41) is 11.6. The molecule has 0 bridgehead atoms. The number of unbranched alkanes of at least 4 members (excludes halogenated alkanes) is 2. The molecule has 0 radical (unpaired) electrons. The SMILES string of the molecule is C=C(C)[C@@H]1CCC(C)=C[C@H]1c1c(O)cc(CCCCC)cc1OC(=O)SCCCBr. The van der Waals surface area contributed by atoms with E-state index in [1.54, 1.807) is 0 Å². The smallest absolute Gasteiger partial charge is 0.372 e. The number of allylic oxidation sites excluding steroid dienone is 3. The van der Waals surface area contributed by atoms with Crippen LogP contribution in [0.15, 0.2) is 35.9 Å². The number of carbonyl (C=O) groups is 1. The predicted molar refractivity (Wildman–Crippen MR) is 132 cm³/mol. The molecule has 2 rings (SSSR count). The Balaban J connectivity index is 2.41. The molecule has 1 aromatic carbocycles. The molecule has 0 unspecified atom stereocenters. The minimum absolute atomic E-state index is 0.0312. The van der Waals surface area contributed by atoms with Crippen LogP contribution < -0.4 is 4.74 Å². The summed E-state index contributed by atoms with van der Waals surface area (Å²) in [6, 6.07) is 3.81. The molecule has 3 nitrogen and oxygen atoms in total. The van der Waals surface area contributed by atoms with Crippen molar-refractivity contribution < 1.29 is 14.6 Å². The van der Waals surface area contributed by atoms with Crippen molar-refractivity contribution >= 4 is 33.0 Å². The van der Waals surface area contributed by atoms with Gasteiger partial charge in [-0.15, -0.1) is 0 Å². The van der Waals surface area contributed by atoms with E-state index in [-0.39, 0.29) is 22.9 Å². The molecule has 1 aliphatic rings. The van der Waals surface area contributed by atoms with Gasteiger partial charge in [0.05, 0.1) is 0 Å². The van der Waals surface area contributed by atoms with Crippen molar-refractivity contribution in [2.75, 3.05) is 11.1 Å². The van der Waals surface area contributed by atoms with Crippen molar-refractivity contribution in [2.45, 2.75) is 71.6 Å². The number of carbonyl (C=O) groups excluding carboxylic acids is 1. The first-order valence-electron chi connectivity index (χ1n) is 11.0. The number of halogens is 1. The summed E-state index contributed by atoms with van der Waals surface area (Å²) in [4.78, 5) is 12.5. The molecule has 5 heteroatoms. The number of thioether (sulfide) groups is 1. The third kappa shape index (κ3) is 7.19. The number of phenolic OH excluding ortho intramolecular Hbond substituents is 1. The predicted octanol–water partition coefficient (Wildman–Crippen LogP) is 8.16. The number of ether oxygens (including phenoxy) is 1. The van der Waals surface area contributed by atoms with Crippen LogP contribution in [0.4, 0.5) is 4.79 Å². The molecule has 0 heterocycles. The van der Waals surface area contributed by atoms with Gasteiger partial charge in [-0.1, -0.05) is 59.5 Å². The molecular weight excluding hydrogens is 460 g/mol. The largest absolute Gasteiger partial charge is 0.507 e. The zero-order valence-electron chi connectivity index (χ0n) is 18.5. The standard InChI is InChI=1S/C25H35BrO3S/c1-5-6-7-9-19-15-22(27)24(21-14-18(4)10-11-20(21)17(2)3)23(16-19)29-25(28)30-13-8-12-26/h14-16,20-21,27H,2,5-13H2,1,3-4H3/t20-,21+/m0/s1. The molecule has 0 saturated carbocycles. The van der Waals surface area contributed by atoms with Gasteiger partial charge in [0.1, 0.15) is 11.5 Å². The molecule has 166 valence electrons. The molecule has 0 amide bonds. The molecule has 0 aromatic heterocycles. The lowest BCUT2D eigenvalue weighted by atomic mass is 9.73. The fourth-order valence-electron chi connectivity index (χ4n) is 4.05. The number of hydrogen-bond donors (Lipinski definition) is 1. The maximum atomic E-state index is 12.5. The molecule has 1 aromatic rings. The van der Waals surface area contributed by atoms with E-state index in [0.717, 1.165) is 67.0 Å². The topological polar surface area (TPSA) is 46.5 Å². The molecule has 2 atom stereocenters. The third-order valence-electron chi connectivity index (χ3n) is 5.65. The highest BCUT2D eigenvalue weighted by atomic mass is 79.9. The fraction of sp³-hybridized carbons (Fsp3) is 0.560. The first kappa shape index (κ1) is 25.1. The summed E-state index contributed by atoms with van der Waals surface area (Å²) in [6.07, 6.45) is 9.34. The Hall–Kier alpha value is -1.20. The fourth-order valence-corrected chi connectivity index (χ4v) is 5.30. The maximum Gasteiger partial charge on any atom is 0.372 e. The number of phenols is 1. The highest BCUT2D eigenvalue weighted by Crippen LogP contribution is 2.47. The Labute approximate surface area is 194 Å². The highest BCUT2D eigenvalue weighted by Gasteiger charge is 2.31. The van der Waals surface area contributed by atoms with E-state index in [0.29, 0.717) is 11.5 Å². The van der Waals surface area contributed by atoms with E-state index in [1.807, 2.05) is 19.1 Å². The molecule has 0 saturated heterocycles. The number of alkyl halides is 1. The normalized spacial score (nSPS) is 18.7. The summed E-state index contributed by atoms with van der Waals surface area (Å²) in [5.74, 6) is 1.62. The van der Waals surface area contributed by atoms with Crippen LogP contribution in [-0.2, 0) is 6.42 Å². The van der Waals surface area contributed by atoms with Crippen molar-refractivity contribution in [3.63, 3.8) is 0 Å². The molecule has 0 aliphatic heterocycles. The van der Waals surface area contributed by atoms with Crippen LogP contribution in [0.3, 0.4) is 0 Å². The average Bonchev–Trinajstić information content (AvgIpc) is 2.68. The number of aryl methyl sites for hydroxylation is 1. The zero-order chi connectivity index (χ0) is 22.1. The van der Waals surface area contributed by atoms with E-state index in [1.165, 1.54) is 17.3 Å². The monoisotopic (exact) mass is 494 g/mol. The van der Waals surface area contributed by atoms with Crippen molar-refractivity contribution in [1.29, 1.82) is 0 Å². The molecule has 0 spiro atoms. The van der Waals surface area contributed by atoms with Gasteiger partial charge in [-0.05, 0) is 81.3 Å². The van der Waals surface area contributed by atoms with Gasteiger partial charge in [0.2, 0.25) is 0 Å². The number of aromatic hydroxyl groups is 1. The van der Waals surface area contributed by atoms with Gasteiger partial charge in [0.15, 0.2) is 0 Å². The van der Waals surface area contributed by atoms with Crippen LogP contribution in [0, 0.1) is 5.92 Å². The maximum absolute atomic E-state index is 12.5. The highest BCUT2D eigenvalue weighted by molar-refractivity contribution is 9.09. The molecule has 1 aliphatic carbocycles. The first-order valence-corrected chi connectivity index (χ1v) is 13.1. The lowest BCUT2D eigenvalue weighted by Crippen LogP contribution is -2.18. The second-order valence-electron chi connectivity index (χ2n) is 8.26. The van der Waals surface area contributed by atoms with E-state index >= 15 is 0 Å². The Morgan fingerprint density at radius 1 is 1.33 bits per heavy atom.